The standard InChI is InChI=1S/C54H37NS/c1-3-15-38(16-4-1)45-19-7-8-20-46(45)40-27-31-42(32-28-40)55(44-35-36-52-51-25-13-14-26-53(51)56-54(52)37-44)43-33-29-41(30-34-43)48-22-10-12-24-50(48)49-23-11-9-21-47(49)39-17-5-2-6-18-39/h1-37H. The molecule has 2 heteroatoms. The Morgan fingerprint density at radius 1 is 0.250 bits per heavy atom. The lowest BCUT2D eigenvalue weighted by molar-refractivity contribution is 1.29. The van der Waals surface area contributed by atoms with E-state index in [-0.39, 0.29) is 0 Å². The van der Waals surface area contributed by atoms with Crippen molar-refractivity contribution < 1.29 is 0 Å². The minimum Gasteiger partial charge on any atom is -0.310 e. The van der Waals surface area contributed by atoms with Gasteiger partial charge in [-0.1, -0.05) is 182 Å². The second-order valence-corrected chi connectivity index (χ2v) is 15.2. The van der Waals surface area contributed by atoms with Crippen LogP contribution in [0.5, 0.6) is 0 Å². The molecular formula is C54H37NS. The fourth-order valence-electron chi connectivity index (χ4n) is 8.04. The molecule has 0 bridgehead atoms. The maximum absolute atomic E-state index is 2.39. The lowest BCUT2D eigenvalue weighted by atomic mass is 9.89. The molecule has 10 rings (SSSR count). The molecule has 0 fully saturated rings. The summed E-state index contributed by atoms with van der Waals surface area (Å²) < 4.78 is 2.59. The van der Waals surface area contributed by atoms with Gasteiger partial charge in [-0.05, 0) is 98.1 Å². The number of nitrogens with zero attached hydrogens (tertiary/aromatic N) is 1. The van der Waals surface area contributed by atoms with Crippen LogP contribution in [-0.4, -0.2) is 0 Å². The van der Waals surface area contributed by atoms with Gasteiger partial charge in [-0.3, -0.25) is 0 Å². The zero-order chi connectivity index (χ0) is 37.3. The smallest absolute Gasteiger partial charge is 0.0476 e. The van der Waals surface area contributed by atoms with Gasteiger partial charge in [0, 0.05) is 37.2 Å². The first-order valence-electron chi connectivity index (χ1n) is 19.1. The van der Waals surface area contributed by atoms with Gasteiger partial charge in [-0.2, -0.15) is 0 Å². The molecule has 0 saturated carbocycles. The summed E-state index contributed by atoms with van der Waals surface area (Å²) in [6.07, 6.45) is 0. The molecule has 9 aromatic carbocycles. The highest BCUT2D eigenvalue weighted by Crippen LogP contribution is 2.43. The van der Waals surface area contributed by atoms with Crippen molar-refractivity contribution in [3.8, 4) is 55.6 Å². The average Bonchev–Trinajstić information content (AvgIpc) is 3.66. The van der Waals surface area contributed by atoms with E-state index >= 15 is 0 Å². The van der Waals surface area contributed by atoms with Crippen LogP contribution in [0.25, 0.3) is 75.8 Å². The van der Waals surface area contributed by atoms with E-state index < -0.39 is 0 Å². The molecular weight excluding hydrogens is 695 g/mol. The van der Waals surface area contributed by atoms with Gasteiger partial charge in [0.15, 0.2) is 0 Å². The minimum atomic E-state index is 1.11. The summed E-state index contributed by atoms with van der Waals surface area (Å²) in [5.41, 5.74) is 15.5. The van der Waals surface area contributed by atoms with Crippen LogP contribution in [-0.2, 0) is 0 Å². The first-order valence-corrected chi connectivity index (χ1v) is 19.9. The molecule has 0 saturated heterocycles. The molecule has 0 N–H and O–H groups in total. The largest absolute Gasteiger partial charge is 0.310 e. The molecule has 0 spiro atoms. The van der Waals surface area contributed by atoms with Crippen molar-refractivity contribution in [2.24, 2.45) is 0 Å². The van der Waals surface area contributed by atoms with Crippen LogP contribution in [0.15, 0.2) is 224 Å². The minimum absolute atomic E-state index is 1.11. The van der Waals surface area contributed by atoms with Crippen LogP contribution in [0, 0.1) is 0 Å². The highest BCUT2D eigenvalue weighted by molar-refractivity contribution is 7.25. The van der Waals surface area contributed by atoms with Crippen LogP contribution in [0.4, 0.5) is 17.1 Å². The van der Waals surface area contributed by atoms with Gasteiger partial charge in [-0.25, -0.2) is 0 Å². The van der Waals surface area contributed by atoms with Crippen molar-refractivity contribution in [2.45, 2.75) is 0 Å². The van der Waals surface area contributed by atoms with Crippen molar-refractivity contribution in [2.75, 3.05) is 4.90 Å². The van der Waals surface area contributed by atoms with Gasteiger partial charge in [0.1, 0.15) is 0 Å². The Kier molecular flexibility index (Phi) is 8.79. The fourth-order valence-corrected chi connectivity index (χ4v) is 9.18. The Balaban J connectivity index is 1.06. The maximum atomic E-state index is 2.39. The van der Waals surface area contributed by atoms with Crippen LogP contribution in [0.3, 0.4) is 0 Å². The summed E-state index contributed by atoms with van der Waals surface area (Å²) in [6.45, 7) is 0. The van der Waals surface area contributed by atoms with E-state index in [4.69, 9.17) is 0 Å². The molecule has 264 valence electrons. The number of rotatable bonds is 8. The summed E-state index contributed by atoms with van der Waals surface area (Å²) >= 11 is 1.85. The molecule has 10 aromatic rings. The lowest BCUT2D eigenvalue weighted by Gasteiger charge is -2.26. The van der Waals surface area contributed by atoms with E-state index in [0.717, 1.165) is 17.1 Å². The first-order chi connectivity index (χ1) is 27.8. The Morgan fingerprint density at radius 3 is 1.11 bits per heavy atom. The van der Waals surface area contributed by atoms with Gasteiger partial charge in [0.25, 0.3) is 0 Å². The molecule has 56 heavy (non-hydrogen) atoms. The third-order valence-corrected chi connectivity index (χ3v) is 11.9. The monoisotopic (exact) mass is 731 g/mol. The van der Waals surface area contributed by atoms with Crippen LogP contribution < -0.4 is 4.90 Å². The molecule has 1 heterocycles. The second-order valence-electron chi connectivity index (χ2n) is 14.1. The van der Waals surface area contributed by atoms with Crippen molar-refractivity contribution in [1.82, 2.24) is 0 Å². The quantitative estimate of drug-likeness (QED) is 0.150. The normalized spacial score (nSPS) is 11.2. The van der Waals surface area contributed by atoms with Crippen molar-refractivity contribution in [3.05, 3.63) is 224 Å². The van der Waals surface area contributed by atoms with Gasteiger partial charge >= 0.3 is 0 Å². The molecule has 0 radical (unpaired) electrons. The highest BCUT2D eigenvalue weighted by Gasteiger charge is 2.17. The van der Waals surface area contributed by atoms with E-state index in [9.17, 15) is 0 Å². The number of fused-ring (bicyclic) bond motifs is 3. The summed E-state index contributed by atoms with van der Waals surface area (Å²) in [5.74, 6) is 0. The zero-order valence-corrected chi connectivity index (χ0v) is 31.5. The number of hydrogen-bond acceptors (Lipinski definition) is 2. The number of benzene rings is 9. The topological polar surface area (TPSA) is 3.24 Å². The fraction of sp³-hybridized carbons (Fsp3) is 0. The molecule has 0 aliphatic rings. The number of anilines is 3. The van der Waals surface area contributed by atoms with Gasteiger partial charge in [0.2, 0.25) is 0 Å². The predicted octanol–water partition coefficient (Wildman–Crippen LogP) is 15.9. The molecule has 0 amide bonds. The van der Waals surface area contributed by atoms with Crippen LogP contribution in [0.1, 0.15) is 0 Å². The molecule has 0 aliphatic carbocycles. The molecule has 1 aromatic heterocycles. The second kappa shape index (κ2) is 14.7. The van der Waals surface area contributed by atoms with E-state index in [1.807, 2.05) is 11.3 Å². The lowest BCUT2D eigenvalue weighted by Crippen LogP contribution is -2.09. The van der Waals surface area contributed by atoms with Gasteiger partial charge in [-0.15, -0.1) is 11.3 Å². The van der Waals surface area contributed by atoms with E-state index in [1.54, 1.807) is 0 Å². The summed E-state index contributed by atoms with van der Waals surface area (Å²) in [7, 11) is 0. The first kappa shape index (κ1) is 33.6. The van der Waals surface area contributed by atoms with Crippen molar-refractivity contribution in [1.29, 1.82) is 0 Å². The number of thiophene rings is 1. The molecule has 0 atom stereocenters. The van der Waals surface area contributed by atoms with Gasteiger partial charge < -0.3 is 4.90 Å². The van der Waals surface area contributed by atoms with Crippen LogP contribution in [0.2, 0.25) is 0 Å². The maximum Gasteiger partial charge on any atom is 0.0476 e. The Labute approximate surface area is 332 Å². The van der Waals surface area contributed by atoms with E-state index in [1.165, 1.54) is 75.8 Å². The SMILES string of the molecule is c1ccc(-c2ccccc2-c2ccc(N(c3ccc(-c4ccccc4-c4ccccc4-c4ccccc4)cc3)c3ccc4c(c3)sc3ccccc34)cc2)cc1. The van der Waals surface area contributed by atoms with Crippen molar-refractivity contribution >= 4 is 48.6 Å². The van der Waals surface area contributed by atoms with E-state index in [0.29, 0.717) is 0 Å². The van der Waals surface area contributed by atoms with Gasteiger partial charge in [0.05, 0.1) is 0 Å². The summed E-state index contributed by atoms with van der Waals surface area (Å²) in [4.78, 5) is 2.39. The van der Waals surface area contributed by atoms with Crippen molar-refractivity contribution in [3.63, 3.8) is 0 Å². The Hall–Kier alpha value is -7.00. The summed E-state index contributed by atoms with van der Waals surface area (Å²) in [6, 6.07) is 81.2. The Bertz CT molecular complexity index is 2940. The third kappa shape index (κ3) is 6.26. The molecule has 0 aliphatic heterocycles. The zero-order valence-electron chi connectivity index (χ0n) is 30.7. The predicted molar refractivity (Wildman–Crippen MR) is 241 cm³/mol. The molecule has 1 nitrogen and oxygen atoms in total. The highest BCUT2D eigenvalue weighted by atomic mass is 32.1. The third-order valence-electron chi connectivity index (χ3n) is 10.7. The van der Waals surface area contributed by atoms with Crippen LogP contribution >= 0.6 is 11.3 Å². The summed E-state index contributed by atoms with van der Waals surface area (Å²) in [5, 5.41) is 2.61. The number of hydrogen-bond donors (Lipinski definition) is 0. The Morgan fingerprint density at radius 2 is 0.607 bits per heavy atom. The average molecular weight is 732 g/mol. The van der Waals surface area contributed by atoms with E-state index in [2.05, 4.69) is 229 Å². The molecule has 0 unspecified atom stereocenters.